The molecule has 0 aromatic heterocycles. The molecule has 0 aliphatic rings. The van der Waals surface area contributed by atoms with E-state index >= 15 is 0 Å². The lowest BCUT2D eigenvalue weighted by Crippen LogP contribution is -2.54. The van der Waals surface area contributed by atoms with E-state index in [-0.39, 0.29) is 11.8 Å². The van der Waals surface area contributed by atoms with E-state index in [1.165, 1.54) is 6.92 Å². The number of carbonyl (C=O) groups excluding carboxylic acids is 3. The van der Waals surface area contributed by atoms with Crippen LogP contribution in [-0.4, -0.2) is 30.4 Å². The van der Waals surface area contributed by atoms with Crippen molar-refractivity contribution in [3.05, 3.63) is 29.8 Å². The van der Waals surface area contributed by atoms with Crippen LogP contribution in [0.5, 0.6) is 5.75 Å². The van der Waals surface area contributed by atoms with Crippen LogP contribution in [0.3, 0.4) is 0 Å². The van der Waals surface area contributed by atoms with Crippen LogP contribution >= 0.6 is 0 Å². The van der Waals surface area contributed by atoms with Crippen molar-refractivity contribution in [2.75, 3.05) is 6.61 Å². The van der Waals surface area contributed by atoms with E-state index in [4.69, 9.17) is 4.74 Å². The third-order valence-corrected chi connectivity index (χ3v) is 3.03. The Morgan fingerprint density at radius 3 is 2.17 bits per heavy atom. The molecule has 0 heterocycles. The second kappa shape index (κ2) is 8.77. The molecule has 7 heteroatoms. The van der Waals surface area contributed by atoms with Crippen LogP contribution in [0.4, 0.5) is 0 Å². The quantitative estimate of drug-likeness (QED) is 0.681. The Morgan fingerprint density at radius 1 is 1.09 bits per heavy atom. The molecule has 126 valence electrons. The molecule has 3 N–H and O–H groups in total. The third kappa shape index (κ3) is 5.98. The summed E-state index contributed by atoms with van der Waals surface area (Å²) in [4.78, 5) is 35.1. The number of hydrogen-bond donors (Lipinski definition) is 3. The molecular weight excluding hydrogens is 298 g/mol. The van der Waals surface area contributed by atoms with Crippen LogP contribution < -0.4 is 20.9 Å². The Hall–Kier alpha value is -2.57. The minimum atomic E-state index is -0.715. The lowest BCUT2D eigenvalue weighted by molar-refractivity contribution is -0.129. The summed E-state index contributed by atoms with van der Waals surface area (Å²) in [6, 6.07) is 5.83. The zero-order chi connectivity index (χ0) is 17.4. The lowest BCUT2D eigenvalue weighted by Gasteiger charge is -2.21. The molecule has 1 rings (SSSR count). The Bertz CT molecular complexity index is 555. The van der Waals surface area contributed by atoms with Crippen molar-refractivity contribution >= 4 is 17.7 Å². The molecule has 1 aromatic carbocycles. The summed E-state index contributed by atoms with van der Waals surface area (Å²) in [5.41, 5.74) is 5.03. The third-order valence-electron chi connectivity index (χ3n) is 3.03. The van der Waals surface area contributed by atoms with Crippen LogP contribution in [0.25, 0.3) is 0 Å². The fourth-order valence-electron chi connectivity index (χ4n) is 1.89. The molecule has 0 bridgehead atoms. The normalized spacial score (nSPS) is 11.5. The molecule has 0 fully saturated rings. The van der Waals surface area contributed by atoms with Crippen molar-refractivity contribution in [1.29, 1.82) is 0 Å². The van der Waals surface area contributed by atoms with Gasteiger partial charge in [-0.1, -0.05) is 13.8 Å². The zero-order valence-corrected chi connectivity index (χ0v) is 13.8. The number of benzene rings is 1. The molecule has 0 aliphatic carbocycles. The van der Waals surface area contributed by atoms with Gasteiger partial charge in [0.15, 0.2) is 0 Å². The summed E-state index contributed by atoms with van der Waals surface area (Å²) in [7, 11) is 0. The molecule has 1 atom stereocenters. The van der Waals surface area contributed by atoms with Gasteiger partial charge in [-0.05, 0) is 37.1 Å². The molecule has 3 amide bonds. The van der Waals surface area contributed by atoms with Gasteiger partial charge in [-0.3, -0.25) is 25.2 Å². The monoisotopic (exact) mass is 321 g/mol. The fourth-order valence-corrected chi connectivity index (χ4v) is 1.89. The molecule has 0 radical (unpaired) electrons. The van der Waals surface area contributed by atoms with Crippen molar-refractivity contribution in [2.45, 2.75) is 33.7 Å². The predicted octanol–water partition coefficient (Wildman–Crippen LogP) is 1.01. The Morgan fingerprint density at radius 2 is 1.70 bits per heavy atom. The van der Waals surface area contributed by atoms with Crippen LogP contribution in [0, 0.1) is 5.92 Å². The maximum absolute atomic E-state index is 12.0. The summed E-state index contributed by atoms with van der Waals surface area (Å²) in [5.74, 6) is -0.683. The zero-order valence-electron chi connectivity index (χ0n) is 13.8. The van der Waals surface area contributed by atoms with Crippen LogP contribution in [0.2, 0.25) is 0 Å². The number of rotatable bonds is 6. The molecule has 0 saturated carbocycles. The van der Waals surface area contributed by atoms with E-state index in [9.17, 15) is 14.4 Å². The number of hydrazine groups is 1. The molecule has 0 spiro atoms. The smallest absolute Gasteiger partial charge is 0.269 e. The molecule has 1 aromatic rings. The maximum atomic E-state index is 12.0. The van der Waals surface area contributed by atoms with Gasteiger partial charge in [-0.15, -0.1) is 0 Å². The van der Waals surface area contributed by atoms with Gasteiger partial charge in [-0.2, -0.15) is 0 Å². The van der Waals surface area contributed by atoms with Gasteiger partial charge in [0.2, 0.25) is 5.91 Å². The summed E-state index contributed by atoms with van der Waals surface area (Å²) >= 11 is 0. The highest BCUT2D eigenvalue weighted by Crippen LogP contribution is 2.11. The van der Waals surface area contributed by atoms with Crippen LogP contribution in [0.1, 0.15) is 38.1 Å². The van der Waals surface area contributed by atoms with Gasteiger partial charge in [0.25, 0.3) is 11.8 Å². The fraction of sp³-hybridized carbons (Fsp3) is 0.438. The second-order valence-electron chi connectivity index (χ2n) is 5.32. The van der Waals surface area contributed by atoms with E-state index in [0.717, 1.165) is 0 Å². The first-order valence-corrected chi connectivity index (χ1v) is 7.45. The van der Waals surface area contributed by atoms with Gasteiger partial charge in [-0.25, -0.2) is 0 Å². The molecule has 0 unspecified atom stereocenters. The van der Waals surface area contributed by atoms with Gasteiger partial charge >= 0.3 is 0 Å². The van der Waals surface area contributed by atoms with Gasteiger partial charge < -0.3 is 10.1 Å². The molecular formula is C16H23N3O4. The van der Waals surface area contributed by atoms with Crippen molar-refractivity contribution in [1.82, 2.24) is 16.2 Å². The summed E-state index contributed by atoms with van der Waals surface area (Å²) in [6.07, 6.45) is 0. The highest BCUT2D eigenvalue weighted by Gasteiger charge is 2.23. The van der Waals surface area contributed by atoms with Crippen molar-refractivity contribution in [3.8, 4) is 5.75 Å². The average Bonchev–Trinajstić information content (AvgIpc) is 2.50. The van der Waals surface area contributed by atoms with Crippen molar-refractivity contribution in [3.63, 3.8) is 0 Å². The maximum Gasteiger partial charge on any atom is 0.269 e. The SMILES string of the molecule is CCOc1ccc(C(=O)NNC(=O)[C@H](NC(C)=O)C(C)C)cc1. The number of hydrogen-bond acceptors (Lipinski definition) is 4. The average molecular weight is 321 g/mol. The first-order chi connectivity index (χ1) is 10.8. The van der Waals surface area contributed by atoms with Crippen LogP contribution in [-0.2, 0) is 9.59 Å². The Balaban J connectivity index is 2.60. The molecule has 23 heavy (non-hydrogen) atoms. The number of amides is 3. The molecule has 0 saturated heterocycles. The van der Waals surface area contributed by atoms with E-state index in [2.05, 4.69) is 16.2 Å². The van der Waals surface area contributed by atoms with Gasteiger partial charge in [0, 0.05) is 12.5 Å². The largest absolute Gasteiger partial charge is 0.494 e. The predicted molar refractivity (Wildman–Crippen MR) is 85.7 cm³/mol. The number of nitrogens with one attached hydrogen (secondary N) is 3. The first kappa shape index (κ1) is 18.5. The first-order valence-electron chi connectivity index (χ1n) is 7.45. The van der Waals surface area contributed by atoms with E-state index < -0.39 is 17.9 Å². The second-order valence-corrected chi connectivity index (χ2v) is 5.32. The molecule has 7 nitrogen and oxygen atoms in total. The van der Waals surface area contributed by atoms with Crippen molar-refractivity contribution < 1.29 is 19.1 Å². The standard InChI is InChI=1S/C16H23N3O4/c1-5-23-13-8-6-12(7-9-13)15(21)18-19-16(22)14(10(2)3)17-11(4)20/h6-10,14H,5H2,1-4H3,(H,17,20)(H,18,21)(H,19,22)/t14-/m1/s1. The number of carbonyl (C=O) groups is 3. The Labute approximate surface area is 135 Å². The summed E-state index contributed by atoms with van der Waals surface area (Å²) in [5, 5.41) is 2.55. The van der Waals surface area contributed by atoms with Gasteiger partial charge in [0.1, 0.15) is 11.8 Å². The van der Waals surface area contributed by atoms with E-state index in [1.54, 1.807) is 38.1 Å². The molecule has 0 aliphatic heterocycles. The summed E-state index contributed by atoms with van der Waals surface area (Å²) < 4.78 is 5.29. The highest BCUT2D eigenvalue weighted by molar-refractivity contribution is 5.96. The van der Waals surface area contributed by atoms with E-state index in [1.807, 2.05) is 6.92 Å². The lowest BCUT2D eigenvalue weighted by atomic mass is 10.0. The topological polar surface area (TPSA) is 96.5 Å². The Kier molecular flexibility index (Phi) is 7.05. The number of ether oxygens (including phenoxy) is 1. The van der Waals surface area contributed by atoms with Gasteiger partial charge in [0.05, 0.1) is 6.61 Å². The minimum absolute atomic E-state index is 0.110. The summed E-state index contributed by atoms with van der Waals surface area (Å²) in [6.45, 7) is 7.35. The van der Waals surface area contributed by atoms with Crippen molar-refractivity contribution in [2.24, 2.45) is 5.92 Å². The minimum Gasteiger partial charge on any atom is -0.494 e. The van der Waals surface area contributed by atoms with E-state index in [0.29, 0.717) is 17.9 Å². The highest BCUT2D eigenvalue weighted by atomic mass is 16.5. The van der Waals surface area contributed by atoms with Crippen LogP contribution in [0.15, 0.2) is 24.3 Å².